The van der Waals surface area contributed by atoms with Gasteiger partial charge in [0.1, 0.15) is 17.2 Å². The minimum absolute atomic E-state index is 0.315. The van der Waals surface area contributed by atoms with Gasteiger partial charge in [-0.2, -0.15) is 5.10 Å². The van der Waals surface area contributed by atoms with E-state index in [0.29, 0.717) is 33.8 Å². The number of nitrogens with two attached hydrogens (primary N) is 1. The number of amides is 1. The summed E-state index contributed by atoms with van der Waals surface area (Å²) in [6.07, 6.45) is 2.20. The van der Waals surface area contributed by atoms with E-state index in [0.717, 1.165) is 28.2 Å². The fourth-order valence-electron chi connectivity index (χ4n) is 2.40. The maximum absolute atomic E-state index is 12.2. The molecule has 0 saturated carbocycles. The lowest BCUT2D eigenvalue weighted by Gasteiger charge is -2.06. The van der Waals surface area contributed by atoms with Crippen LogP contribution in [0.1, 0.15) is 33.4 Å². The zero-order valence-corrected chi connectivity index (χ0v) is 16.8. The number of nitrogens with one attached hydrogen (secondary N) is 1. The Hall–Kier alpha value is -2.90. The van der Waals surface area contributed by atoms with Gasteiger partial charge in [-0.05, 0) is 53.9 Å². The molecule has 3 rings (SSSR count). The van der Waals surface area contributed by atoms with Crippen molar-refractivity contribution >= 4 is 40.2 Å². The van der Waals surface area contributed by atoms with Gasteiger partial charge < -0.3 is 10.5 Å². The number of hydrogen-bond acceptors (Lipinski definition) is 6. The highest BCUT2D eigenvalue weighted by Gasteiger charge is 2.15. The molecule has 0 saturated heterocycles. The predicted molar refractivity (Wildman–Crippen MR) is 113 cm³/mol. The molecule has 1 amide bonds. The molecule has 1 heterocycles. The van der Waals surface area contributed by atoms with Gasteiger partial charge in [-0.25, -0.2) is 10.4 Å². The molecule has 144 valence electrons. The number of thiazole rings is 1. The van der Waals surface area contributed by atoms with Gasteiger partial charge in [0.25, 0.3) is 5.91 Å². The molecular formula is C20H19ClN4O2S. The van der Waals surface area contributed by atoms with Crippen molar-refractivity contribution in [2.45, 2.75) is 20.0 Å². The van der Waals surface area contributed by atoms with Gasteiger partial charge in [-0.1, -0.05) is 42.0 Å². The summed E-state index contributed by atoms with van der Waals surface area (Å²) in [5.74, 6) is 0.425. The van der Waals surface area contributed by atoms with Crippen LogP contribution in [-0.4, -0.2) is 17.1 Å². The normalized spacial score (nSPS) is 10.9. The third-order valence-electron chi connectivity index (χ3n) is 3.83. The van der Waals surface area contributed by atoms with Crippen molar-refractivity contribution in [2.75, 3.05) is 5.73 Å². The SMILES string of the molecule is CCc1nc(N)sc1C(=O)NN=Cc1ccc(OCc2ccc(Cl)cc2)cc1. The summed E-state index contributed by atoms with van der Waals surface area (Å²) < 4.78 is 5.74. The predicted octanol–water partition coefficient (Wildman–Crippen LogP) is 4.28. The number of ether oxygens (including phenoxy) is 1. The maximum Gasteiger partial charge on any atom is 0.283 e. The van der Waals surface area contributed by atoms with Crippen molar-refractivity contribution in [3.63, 3.8) is 0 Å². The number of carbonyl (C=O) groups excluding carboxylic acids is 1. The van der Waals surface area contributed by atoms with Crippen molar-refractivity contribution < 1.29 is 9.53 Å². The second-order valence-electron chi connectivity index (χ2n) is 5.86. The van der Waals surface area contributed by atoms with Gasteiger partial charge in [0.05, 0.1) is 11.9 Å². The quantitative estimate of drug-likeness (QED) is 0.446. The van der Waals surface area contributed by atoms with Gasteiger partial charge >= 0.3 is 0 Å². The number of hydrazone groups is 1. The second-order valence-corrected chi connectivity index (χ2v) is 7.33. The number of nitrogen functional groups attached to an aromatic ring is 1. The fraction of sp³-hybridized carbons (Fsp3) is 0.150. The first-order valence-corrected chi connectivity index (χ1v) is 9.80. The number of anilines is 1. The summed E-state index contributed by atoms with van der Waals surface area (Å²) in [4.78, 5) is 16.8. The number of halogens is 1. The summed E-state index contributed by atoms with van der Waals surface area (Å²) in [5, 5.41) is 5.07. The molecule has 0 spiro atoms. The lowest BCUT2D eigenvalue weighted by Crippen LogP contribution is -2.17. The number of carbonyl (C=O) groups is 1. The van der Waals surface area contributed by atoms with E-state index in [9.17, 15) is 4.79 Å². The van der Waals surface area contributed by atoms with Crippen LogP contribution >= 0.6 is 22.9 Å². The van der Waals surface area contributed by atoms with Crippen LogP contribution in [0.3, 0.4) is 0 Å². The molecule has 0 bridgehead atoms. The largest absolute Gasteiger partial charge is 0.489 e. The zero-order valence-electron chi connectivity index (χ0n) is 15.2. The Morgan fingerprint density at radius 1 is 1.25 bits per heavy atom. The first kappa shape index (κ1) is 19.9. The van der Waals surface area contributed by atoms with E-state index >= 15 is 0 Å². The Kier molecular flexibility index (Phi) is 6.62. The molecule has 1 aromatic heterocycles. The highest BCUT2D eigenvalue weighted by molar-refractivity contribution is 7.17. The van der Waals surface area contributed by atoms with Crippen LogP contribution in [0.5, 0.6) is 5.75 Å². The van der Waals surface area contributed by atoms with E-state index in [1.807, 2.05) is 55.5 Å². The van der Waals surface area contributed by atoms with Crippen molar-refractivity contribution in [2.24, 2.45) is 5.10 Å². The highest BCUT2D eigenvalue weighted by Crippen LogP contribution is 2.20. The lowest BCUT2D eigenvalue weighted by molar-refractivity contribution is 0.0958. The van der Waals surface area contributed by atoms with Gasteiger partial charge in [0.15, 0.2) is 5.13 Å². The summed E-state index contributed by atoms with van der Waals surface area (Å²) in [6.45, 7) is 2.38. The molecule has 0 aliphatic rings. The van der Waals surface area contributed by atoms with E-state index in [1.54, 1.807) is 6.21 Å². The molecule has 0 unspecified atom stereocenters. The number of nitrogens with zero attached hydrogens (tertiary/aromatic N) is 2. The number of benzene rings is 2. The molecule has 0 atom stereocenters. The smallest absolute Gasteiger partial charge is 0.283 e. The van der Waals surface area contributed by atoms with Crippen LogP contribution in [-0.2, 0) is 13.0 Å². The first-order chi connectivity index (χ1) is 13.5. The lowest BCUT2D eigenvalue weighted by atomic mass is 10.2. The minimum Gasteiger partial charge on any atom is -0.489 e. The van der Waals surface area contributed by atoms with Gasteiger partial charge in [0.2, 0.25) is 0 Å². The van der Waals surface area contributed by atoms with Gasteiger partial charge in [0, 0.05) is 5.02 Å². The van der Waals surface area contributed by atoms with Gasteiger partial charge in [-0.3, -0.25) is 4.79 Å². The number of aryl methyl sites for hydroxylation is 1. The van der Waals surface area contributed by atoms with Crippen molar-refractivity contribution in [3.8, 4) is 5.75 Å². The molecule has 0 radical (unpaired) electrons. The molecule has 3 aromatic rings. The highest BCUT2D eigenvalue weighted by atomic mass is 35.5. The number of hydrogen-bond donors (Lipinski definition) is 2. The van der Waals surface area contributed by atoms with Crippen LogP contribution < -0.4 is 15.9 Å². The number of aromatic nitrogens is 1. The molecule has 3 N–H and O–H groups in total. The standard InChI is InChI=1S/C20H19ClN4O2S/c1-2-17-18(28-20(22)24-17)19(26)25-23-11-13-5-9-16(10-6-13)27-12-14-3-7-15(21)8-4-14/h3-11H,2,12H2,1H3,(H2,22,24)(H,25,26). The summed E-state index contributed by atoms with van der Waals surface area (Å²) in [7, 11) is 0. The van der Waals surface area contributed by atoms with Crippen LogP contribution in [0.4, 0.5) is 5.13 Å². The maximum atomic E-state index is 12.2. The fourth-order valence-corrected chi connectivity index (χ4v) is 3.34. The molecule has 8 heteroatoms. The Labute approximate surface area is 172 Å². The summed E-state index contributed by atoms with van der Waals surface area (Å²) in [5.41, 5.74) is 10.7. The van der Waals surface area contributed by atoms with Crippen molar-refractivity contribution in [1.29, 1.82) is 0 Å². The monoisotopic (exact) mass is 414 g/mol. The topological polar surface area (TPSA) is 89.6 Å². The van der Waals surface area contributed by atoms with E-state index < -0.39 is 0 Å². The molecular weight excluding hydrogens is 396 g/mol. The van der Waals surface area contributed by atoms with Crippen LogP contribution in [0.25, 0.3) is 0 Å². The van der Waals surface area contributed by atoms with Crippen molar-refractivity contribution in [1.82, 2.24) is 10.4 Å². The van der Waals surface area contributed by atoms with E-state index in [4.69, 9.17) is 22.1 Å². The molecule has 0 fully saturated rings. The molecule has 6 nitrogen and oxygen atoms in total. The van der Waals surface area contributed by atoms with Crippen LogP contribution in [0.15, 0.2) is 53.6 Å². The summed E-state index contributed by atoms with van der Waals surface area (Å²) >= 11 is 7.03. The Morgan fingerprint density at radius 2 is 1.96 bits per heavy atom. The average Bonchev–Trinajstić information content (AvgIpc) is 3.09. The molecule has 28 heavy (non-hydrogen) atoms. The van der Waals surface area contributed by atoms with Crippen LogP contribution in [0, 0.1) is 0 Å². The van der Waals surface area contributed by atoms with E-state index in [1.165, 1.54) is 0 Å². The van der Waals surface area contributed by atoms with E-state index in [2.05, 4.69) is 15.5 Å². The third-order valence-corrected chi connectivity index (χ3v) is 5.01. The van der Waals surface area contributed by atoms with Crippen LogP contribution in [0.2, 0.25) is 5.02 Å². The first-order valence-electron chi connectivity index (χ1n) is 8.61. The average molecular weight is 415 g/mol. The molecule has 0 aliphatic carbocycles. The second kappa shape index (κ2) is 9.34. The Bertz CT molecular complexity index is 969. The Balaban J connectivity index is 1.53. The molecule has 2 aromatic carbocycles. The zero-order chi connectivity index (χ0) is 19.9. The summed E-state index contributed by atoms with van der Waals surface area (Å²) in [6, 6.07) is 14.9. The Morgan fingerprint density at radius 3 is 2.64 bits per heavy atom. The van der Waals surface area contributed by atoms with E-state index in [-0.39, 0.29) is 5.91 Å². The van der Waals surface area contributed by atoms with Gasteiger partial charge in [-0.15, -0.1) is 0 Å². The third kappa shape index (κ3) is 5.31. The minimum atomic E-state index is -0.315. The van der Waals surface area contributed by atoms with Crippen molar-refractivity contribution in [3.05, 3.63) is 75.3 Å². The molecule has 0 aliphatic heterocycles. The number of rotatable bonds is 7.